The maximum Gasteiger partial charge on any atom is 0.216 e. The average Bonchev–Trinajstić information content (AvgIpc) is 3.39. The van der Waals surface area contributed by atoms with E-state index in [1.54, 1.807) is 17.6 Å². The number of fused-ring (bicyclic) bond motifs is 6. The summed E-state index contributed by atoms with van der Waals surface area (Å²) in [4.78, 5) is 0. The molecule has 2 nitrogen and oxygen atoms in total. The third-order valence-electron chi connectivity index (χ3n) is 8.51. The van der Waals surface area contributed by atoms with Crippen LogP contribution in [0.15, 0.2) is 83.4 Å². The van der Waals surface area contributed by atoms with Gasteiger partial charge in [-0.25, -0.2) is 8.78 Å². The van der Waals surface area contributed by atoms with Gasteiger partial charge in [0, 0.05) is 22.3 Å². The van der Waals surface area contributed by atoms with Gasteiger partial charge in [0.25, 0.3) is 0 Å². The lowest BCUT2D eigenvalue weighted by atomic mass is 9.81. The van der Waals surface area contributed by atoms with Crippen LogP contribution in [-0.4, -0.2) is 0 Å². The molecule has 4 heteroatoms. The standard InChI is InChI=1S/C35H28F2NO/c1-19-10-12-24-25-14-15-28(36)32(34(25)39-33(24)31(19)30-16-20(2)29(37)18-38(30)5)21-11-13-23-22-8-6-7-9-26(22)35(3,4)27(23)17-21/h6-18H,1-5H3/q+1. The highest BCUT2D eigenvalue weighted by molar-refractivity contribution is 6.13. The molecule has 0 bridgehead atoms. The van der Waals surface area contributed by atoms with Crippen LogP contribution in [0, 0.1) is 25.5 Å². The van der Waals surface area contributed by atoms with E-state index < -0.39 is 0 Å². The SMILES string of the molecule is Cc1cc(-c2c(C)ccc3c2oc2c(-c4ccc5c(c4)C(C)(C)c4ccccc4-5)c(F)ccc23)[n+](C)cc1F. The van der Waals surface area contributed by atoms with Gasteiger partial charge < -0.3 is 4.42 Å². The second-order valence-corrected chi connectivity index (χ2v) is 11.3. The molecule has 1 aliphatic carbocycles. The monoisotopic (exact) mass is 516 g/mol. The summed E-state index contributed by atoms with van der Waals surface area (Å²) >= 11 is 0. The fourth-order valence-corrected chi connectivity index (χ4v) is 6.39. The molecule has 39 heavy (non-hydrogen) atoms. The molecule has 2 aromatic heterocycles. The molecular formula is C35H28F2NO+. The maximum absolute atomic E-state index is 15.7. The van der Waals surface area contributed by atoms with Crippen LogP contribution in [0.25, 0.3) is 55.4 Å². The molecule has 0 N–H and O–H groups in total. The molecule has 6 aromatic rings. The Balaban J connectivity index is 1.50. The summed E-state index contributed by atoms with van der Waals surface area (Å²) in [7, 11) is 1.83. The zero-order valence-electron chi connectivity index (χ0n) is 22.6. The highest BCUT2D eigenvalue weighted by atomic mass is 19.1. The number of aromatic nitrogens is 1. The number of rotatable bonds is 2. The van der Waals surface area contributed by atoms with Crippen molar-refractivity contribution in [1.29, 1.82) is 0 Å². The van der Waals surface area contributed by atoms with E-state index in [9.17, 15) is 4.39 Å². The molecule has 0 aliphatic heterocycles. The van der Waals surface area contributed by atoms with Gasteiger partial charge in [-0.05, 0) is 71.0 Å². The number of furan rings is 1. The average molecular weight is 517 g/mol. The summed E-state index contributed by atoms with van der Waals surface area (Å²) in [6.45, 7) is 8.22. The molecule has 192 valence electrons. The van der Waals surface area contributed by atoms with Crippen molar-refractivity contribution in [1.82, 2.24) is 0 Å². The van der Waals surface area contributed by atoms with Crippen molar-refractivity contribution in [2.75, 3.05) is 0 Å². The fraction of sp³-hybridized carbons (Fsp3) is 0.171. The van der Waals surface area contributed by atoms with Crippen molar-refractivity contribution in [3.63, 3.8) is 0 Å². The van der Waals surface area contributed by atoms with Crippen LogP contribution < -0.4 is 4.57 Å². The molecule has 0 amide bonds. The number of nitrogens with zero attached hydrogens (tertiary/aromatic N) is 1. The number of hydrogen-bond acceptors (Lipinski definition) is 1. The van der Waals surface area contributed by atoms with E-state index in [2.05, 4.69) is 50.2 Å². The molecular weight excluding hydrogens is 488 g/mol. The summed E-state index contributed by atoms with van der Waals surface area (Å²) in [5.41, 5.74) is 10.4. The Morgan fingerprint density at radius 1 is 0.692 bits per heavy atom. The predicted molar refractivity (Wildman–Crippen MR) is 153 cm³/mol. The van der Waals surface area contributed by atoms with E-state index in [0.29, 0.717) is 22.3 Å². The zero-order valence-corrected chi connectivity index (χ0v) is 22.6. The zero-order chi connectivity index (χ0) is 27.2. The summed E-state index contributed by atoms with van der Waals surface area (Å²) in [5.74, 6) is -0.585. The van der Waals surface area contributed by atoms with Crippen molar-refractivity contribution < 1.29 is 17.8 Å². The molecule has 0 saturated carbocycles. The topological polar surface area (TPSA) is 17.0 Å². The number of hydrogen-bond donors (Lipinski definition) is 0. The van der Waals surface area contributed by atoms with E-state index in [4.69, 9.17) is 4.42 Å². The highest BCUT2D eigenvalue weighted by Gasteiger charge is 2.35. The predicted octanol–water partition coefficient (Wildman–Crippen LogP) is 8.95. The normalized spacial score (nSPS) is 13.7. The first kappa shape index (κ1) is 23.8. The van der Waals surface area contributed by atoms with Crippen LogP contribution in [0.5, 0.6) is 0 Å². The summed E-state index contributed by atoms with van der Waals surface area (Å²) < 4.78 is 38.4. The van der Waals surface area contributed by atoms with Crippen LogP contribution in [0.1, 0.15) is 36.1 Å². The van der Waals surface area contributed by atoms with E-state index in [1.807, 2.05) is 38.2 Å². The first-order chi connectivity index (χ1) is 18.7. The minimum absolute atomic E-state index is 0.195. The van der Waals surface area contributed by atoms with E-state index in [0.717, 1.165) is 33.2 Å². The summed E-state index contributed by atoms with van der Waals surface area (Å²) in [6.07, 6.45) is 1.49. The van der Waals surface area contributed by atoms with Crippen LogP contribution in [0.2, 0.25) is 0 Å². The Labute approximate surface area is 226 Å². The van der Waals surface area contributed by atoms with Crippen molar-refractivity contribution in [3.05, 3.63) is 113 Å². The third kappa shape index (κ3) is 3.27. The molecule has 2 heterocycles. The second kappa shape index (κ2) is 8.09. The van der Waals surface area contributed by atoms with Crippen LogP contribution in [0.3, 0.4) is 0 Å². The Kier molecular flexibility index (Phi) is 4.94. The molecule has 0 radical (unpaired) electrons. The van der Waals surface area contributed by atoms with Crippen LogP contribution in [-0.2, 0) is 12.5 Å². The van der Waals surface area contributed by atoms with Gasteiger partial charge in [-0.1, -0.05) is 62.4 Å². The fourth-order valence-electron chi connectivity index (χ4n) is 6.39. The van der Waals surface area contributed by atoms with Gasteiger partial charge in [0.15, 0.2) is 5.82 Å². The molecule has 0 saturated heterocycles. The highest BCUT2D eigenvalue weighted by Crippen LogP contribution is 2.50. The lowest BCUT2D eigenvalue weighted by Gasteiger charge is -2.22. The molecule has 0 spiro atoms. The van der Waals surface area contributed by atoms with Crippen molar-refractivity contribution in [2.24, 2.45) is 7.05 Å². The van der Waals surface area contributed by atoms with Gasteiger partial charge in [0.05, 0.1) is 11.1 Å². The van der Waals surface area contributed by atoms with Gasteiger partial charge in [-0.15, -0.1) is 0 Å². The first-order valence-corrected chi connectivity index (χ1v) is 13.2. The number of aryl methyl sites for hydroxylation is 3. The lowest BCUT2D eigenvalue weighted by Crippen LogP contribution is -2.31. The van der Waals surface area contributed by atoms with Gasteiger partial charge in [-0.2, -0.15) is 4.57 Å². The Bertz CT molecular complexity index is 2000. The number of pyridine rings is 1. The molecule has 1 aliphatic rings. The van der Waals surface area contributed by atoms with Gasteiger partial charge in [-0.3, -0.25) is 0 Å². The molecule has 4 aromatic carbocycles. The molecule has 7 rings (SSSR count). The summed E-state index contributed by atoms with van der Waals surface area (Å²) in [6, 6.07) is 23.9. The largest absolute Gasteiger partial charge is 0.454 e. The van der Waals surface area contributed by atoms with E-state index in [-0.39, 0.29) is 17.0 Å². The Hall–Kier alpha value is -4.31. The van der Waals surface area contributed by atoms with Crippen molar-refractivity contribution in [3.8, 4) is 33.5 Å². The lowest BCUT2D eigenvalue weighted by molar-refractivity contribution is -0.662. The van der Waals surface area contributed by atoms with E-state index in [1.165, 1.54) is 34.5 Å². The van der Waals surface area contributed by atoms with Crippen LogP contribution >= 0.6 is 0 Å². The van der Waals surface area contributed by atoms with E-state index >= 15 is 4.39 Å². The van der Waals surface area contributed by atoms with Crippen molar-refractivity contribution >= 4 is 21.9 Å². The molecule has 0 unspecified atom stereocenters. The van der Waals surface area contributed by atoms with Gasteiger partial charge in [0.1, 0.15) is 24.0 Å². The molecule has 0 atom stereocenters. The first-order valence-electron chi connectivity index (χ1n) is 13.2. The smallest absolute Gasteiger partial charge is 0.216 e. The summed E-state index contributed by atoms with van der Waals surface area (Å²) in [5, 5.41) is 1.76. The minimum atomic E-state index is -0.323. The second-order valence-electron chi connectivity index (χ2n) is 11.3. The van der Waals surface area contributed by atoms with Crippen molar-refractivity contribution in [2.45, 2.75) is 33.1 Å². The number of halogens is 2. The molecule has 0 fully saturated rings. The minimum Gasteiger partial charge on any atom is -0.454 e. The quantitative estimate of drug-likeness (QED) is 0.210. The third-order valence-corrected chi connectivity index (χ3v) is 8.51. The Morgan fingerprint density at radius 2 is 1.38 bits per heavy atom. The van der Waals surface area contributed by atoms with Crippen LogP contribution in [0.4, 0.5) is 8.78 Å². The Morgan fingerprint density at radius 3 is 2.18 bits per heavy atom. The van der Waals surface area contributed by atoms with Gasteiger partial charge in [0.2, 0.25) is 11.9 Å². The maximum atomic E-state index is 15.7. The number of benzene rings is 4. The van der Waals surface area contributed by atoms with Gasteiger partial charge >= 0.3 is 0 Å².